The molecule has 0 spiro atoms. The quantitative estimate of drug-likeness (QED) is 0.551. The van der Waals surface area contributed by atoms with Crippen LogP contribution < -0.4 is 10.1 Å². The molecular formula is C23H23F3N4O5. The van der Waals surface area contributed by atoms with Crippen LogP contribution in [0.2, 0.25) is 0 Å². The number of rotatable bonds is 5. The highest BCUT2D eigenvalue weighted by atomic mass is 19.2. The first-order valence-corrected chi connectivity index (χ1v) is 10.7. The average Bonchev–Trinajstić information content (AvgIpc) is 3.22. The summed E-state index contributed by atoms with van der Waals surface area (Å²) in [5, 5.41) is 2.15. The number of hydrogen-bond acceptors (Lipinski definition) is 6. The monoisotopic (exact) mass is 492 g/mol. The average molecular weight is 492 g/mol. The summed E-state index contributed by atoms with van der Waals surface area (Å²) < 4.78 is 62.5. The van der Waals surface area contributed by atoms with Crippen LogP contribution >= 0.6 is 0 Å². The lowest BCUT2D eigenvalue weighted by molar-refractivity contribution is -0.0241. The van der Waals surface area contributed by atoms with Crippen molar-refractivity contribution in [3.05, 3.63) is 53.1 Å². The zero-order valence-electron chi connectivity index (χ0n) is 19.2. The van der Waals surface area contributed by atoms with E-state index < -0.39 is 46.7 Å². The number of carbonyl (C=O) groups is 2. The summed E-state index contributed by atoms with van der Waals surface area (Å²) in [5.74, 6) is -4.70. The molecule has 35 heavy (non-hydrogen) atoms. The van der Waals surface area contributed by atoms with Gasteiger partial charge in [0.2, 0.25) is 0 Å². The molecule has 1 fully saturated rings. The number of carbonyl (C=O) groups excluding carboxylic acids is 2. The first kappa shape index (κ1) is 24.3. The van der Waals surface area contributed by atoms with Gasteiger partial charge in [-0.05, 0) is 12.1 Å². The third-order valence-corrected chi connectivity index (χ3v) is 5.79. The van der Waals surface area contributed by atoms with E-state index in [9.17, 15) is 14.0 Å². The minimum atomic E-state index is -1.54. The molecule has 186 valence electrons. The van der Waals surface area contributed by atoms with Gasteiger partial charge in [0.15, 0.2) is 11.6 Å². The number of benzene rings is 1. The van der Waals surface area contributed by atoms with Crippen molar-refractivity contribution >= 4 is 17.6 Å². The highest BCUT2D eigenvalue weighted by Crippen LogP contribution is 2.34. The number of hydrogen-bond donors (Lipinski definition) is 1. The molecule has 4 rings (SSSR count). The van der Waals surface area contributed by atoms with E-state index in [-0.39, 0.29) is 25.3 Å². The molecule has 0 unspecified atom stereocenters. The Kier molecular flexibility index (Phi) is 6.83. The first-order valence-electron chi connectivity index (χ1n) is 10.7. The molecule has 1 N–H and O–H groups in total. The van der Waals surface area contributed by atoms with E-state index in [1.807, 2.05) is 0 Å². The van der Waals surface area contributed by atoms with Gasteiger partial charge in [0.25, 0.3) is 5.91 Å². The number of methoxy groups -OCH3 is 2. The van der Waals surface area contributed by atoms with Gasteiger partial charge in [-0.3, -0.25) is 4.79 Å². The van der Waals surface area contributed by atoms with Gasteiger partial charge in [0.05, 0.1) is 56.0 Å². The molecule has 9 nitrogen and oxygen atoms in total. The zero-order valence-corrected chi connectivity index (χ0v) is 19.2. The van der Waals surface area contributed by atoms with Crippen LogP contribution in [0.3, 0.4) is 0 Å². The predicted molar refractivity (Wildman–Crippen MR) is 118 cm³/mol. The molecule has 0 bridgehead atoms. The van der Waals surface area contributed by atoms with Crippen LogP contribution in [0, 0.1) is 17.5 Å². The summed E-state index contributed by atoms with van der Waals surface area (Å²) in [5.41, 5.74) is -1.01. The molecule has 0 radical (unpaired) electrons. The van der Waals surface area contributed by atoms with Gasteiger partial charge in [0.1, 0.15) is 17.2 Å². The molecule has 1 aliphatic heterocycles. The lowest BCUT2D eigenvalue weighted by Crippen LogP contribution is -2.46. The standard InChI is InChI=1S/C23H23F3N4O5/c1-27-22(31)14-10-15(24)18(20(26)19(14)25)21-16(30-5-4-12(33-2)9-17(30)28-21)8-13-11-29(6-7-35-13)23(32)34-3/h4-5,9-10,13H,6-8,11H2,1-3H3,(H,27,31)/t13-/m0/s1. The number of ether oxygens (including phenoxy) is 3. The van der Waals surface area contributed by atoms with Gasteiger partial charge in [-0.1, -0.05) is 0 Å². The molecule has 1 atom stereocenters. The van der Waals surface area contributed by atoms with E-state index in [0.29, 0.717) is 29.7 Å². The van der Waals surface area contributed by atoms with Crippen molar-refractivity contribution in [2.24, 2.45) is 0 Å². The minimum absolute atomic E-state index is 0.0913. The van der Waals surface area contributed by atoms with Gasteiger partial charge >= 0.3 is 6.09 Å². The third-order valence-electron chi connectivity index (χ3n) is 5.79. The Hall–Kier alpha value is -3.80. The van der Waals surface area contributed by atoms with Crippen molar-refractivity contribution < 1.29 is 37.0 Å². The van der Waals surface area contributed by atoms with Crippen molar-refractivity contribution in [3.63, 3.8) is 0 Å². The van der Waals surface area contributed by atoms with E-state index in [1.165, 1.54) is 26.2 Å². The van der Waals surface area contributed by atoms with Gasteiger partial charge in [-0.15, -0.1) is 0 Å². The fraction of sp³-hybridized carbons (Fsp3) is 0.348. The Morgan fingerprint density at radius 1 is 1.23 bits per heavy atom. The van der Waals surface area contributed by atoms with Gasteiger partial charge in [0, 0.05) is 32.3 Å². The number of pyridine rings is 1. The zero-order chi connectivity index (χ0) is 25.3. The summed E-state index contributed by atoms with van der Waals surface area (Å²) >= 11 is 0. The Morgan fingerprint density at radius 3 is 2.69 bits per heavy atom. The third kappa shape index (κ3) is 4.48. The normalized spacial score (nSPS) is 15.8. The molecule has 2 amide bonds. The number of morpholine rings is 1. The maximum Gasteiger partial charge on any atom is 0.409 e. The van der Waals surface area contributed by atoms with E-state index in [0.717, 1.165) is 0 Å². The minimum Gasteiger partial charge on any atom is -0.497 e. The predicted octanol–water partition coefficient (Wildman–Crippen LogP) is 2.80. The molecule has 1 aliphatic rings. The summed E-state index contributed by atoms with van der Waals surface area (Å²) in [6.07, 6.45) is 0.620. The number of nitrogens with one attached hydrogen (secondary N) is 1. The van der Waals surface area contributed by atoms with Crippen molar-refractivity contribution in [3.8, 4) is 17.0 Å². The smallest absolute Gasteiger partial charge is 0.409 e. The van der Waals surface area contributed by atoms with Crippen LogP contribution in [-0.4, -0.2) is 73.4 Å². The molecular weight excluding hydrogens is 469 g/mol. The fourth-order valence-electron chi connectivity index (χ4n) is 4.06. The fourth-order valence-corrected chi connectivity index (χ4v) is 4.06. The SMILES string of the molecule is CNC(=O)c1cc(F)c(-c2nc3cc(OC)ccn3c2C[C@H]2CN(C(=O)OC)CCO2)c(F)c1F. The highest BCUT2D eigenvalue weighted by Gasteiger charge is 2.31. The van der Waals surface area contributed by atoms with Crippen molar-refractivity contribution in [2.45, 2.75) is 12.5 Å². The van der Waals surface area contributed by atoms with Gasteiger partial charge in [-0.2, -0.15) is 0 Å². The van der Waals surface area contributed by atoms with Crippen LogP contribution in [0.1, 0.15) is 16.1 Å². The summed E-state index contributed by atoms with van der Waals surface area (Å²) in [6, 6.07) is 3.82. The molecule has 3 heterocycles. The molecule has 12 heteroatoms. The highest BCUT2D eigenvalue weighted by molar-refractivity contribution is 5.95. The summed E-state index contributed by atoms with van der Waals surface area (Å²) in [4.78, 5) is 29.6. The van der Waals surface area contributed by atoms with Crippen molar-refractivity contribution in [1.82, 2.24) is 19.6 Å². The van der Waals surface area contributed by atoms with E-state index in [1.54, 1.807) is 22.7 Å². The lowest BCUT2D eigenvalue weighted by Gasteiger charge is -2.32. The second-order valence-electron chi connectivity index (χ2n) is 7.80. The number of amides is 2. The molecule has 0 aliphatic carbocycles. The van der Waals surface area contributed by atoms with Crippen LogP contribution in [0.4, 0.5) is 18.0 Å². The maximum atomic E-state index is 15.2. The van der Waals surface area contributed by atoms with Crippen LogP contribution in [-0.2, 0) is 15.9 Å². The van der Waals surface area contributed by atoms with Crippen LogP contribution in [0.5, 0.6) is 5.75 Å². The van der Waals surface area contributed by atoms with Crippen molar-refractivity contribution in [2.75, 3.05) is 41.0 Å². The van der Waals surface area contributed by atoms with E-state index in [4.69, 9.17) is 14.2 Å². The summed E-state index contributed by atoms with van der Waals surface area (Å²) in [7, 11) is 3.95. The lowest BCUT2D eigenvalue weighted by atomic mass is 10.0. The number of halogens is 3. The Labute approximate surface area is 198 Å². The summed E-state index contributed by atoms with van der Waals surface area (Å²) in [6.45, 7) is 0.734. The molecule has 1 aromatic carbocycles. The first-order chi connectivity index (χ1) is 16.8. The van der Waals surface area contributed by atoms with Crippen LogP contribution in [0.25, 0.3) is 16.9 Å². The number of fused-ring (bicyclic) bond motifs is 1. The Morgan fingerprint density at radius 2 is 2.00 bits per heavy atom. The Balaban J connectivity index is 1.84. The van der Waals surface area contributed by atoms with Crippen molar-refractivity contribution in [1.29, 1.82) is 0 Å². The van der Waals surface area contributed by atoms with Gasteiger partial charge < -0.3 is 28.8 Å². The number of imidazole rings is 1. The maximum absolute atomic E-state index is 15.2. The van der Waals surface area contributed by atoms with E-state index in [2.05, 4.69) is 10.3 Å². The molecule has 3 aromatic rings. The second kappa shape index (κ2) is 9.82. The number of nitrogens with zero attached hydrogens (tertiary/aromatic N) is 3. The second-order valence-corrected chi connectivity index (χ2v) is 7.80. The van der Waals surface area contributed by atoms with Gasteiger partial charge in [-0.25, -0.2) is 22.9 Å². The molecule has 2 aromatic heterocycles. The largest absolute Gasteiger partial charge is 0.497 e. The number of aromatic nitrogens is 2. The molecule has 1 saturated heterocycles. The van der Waals surface area contributed by atoms with Crippen LogP contribution in [0.15, 0.2) is 24.4 Å². The topological polar surface area (TPSA) is 94.4 Å². The molecule has 0 saturated carbocycles. The van der Waals surface area contributed by atoms with E-state index >= 15 is 8.78 Å². The Bertz CT molecular complexity index is 1300.